The van der Waals surface area contributed by atoms with Gasteiger partial charge in [-0.1, -0.05) is 6.07 Å². The molecule has 1 aromatic carbocycles. The number of aliphatic imine (C=N–C) groups is 1. The van der Waals surface area contributed by atoms with Crippen molar-refractivity contribution in [1.29, 1.82) is 0 Å². The van der Waals surface area contributed by atoms with E-state index >= 15 is 17.6 Å². The fourth-order valence-electron chi connectivity index (χ4n) is 6.12. The average molecular weight is 674 g/mol. The van der Waals surface area contributed by atoms with Crippen molar-refractivity contribution in [2.45, 2.75) is 64.3 Å². The van der Waals surface area contributed by atoms with Crippen molar-refractivity contribution in [1.82, 2.24) is 20.1 Å². The van der Waals surface area contributed by atoms with Gasteiger partial charge in [0.2, 0.25) is 0 Å². The van der Waals surface area contributed by atoms with Gasteiger partial charge in [-0.15, -0.1) is 11.3 Å². The molecular weight excluding hydrogens is 640 g/mol. The molecule has 0 radical (unpaired) electrons. The van der Waals surface area contributed by atoms with Crippen molar-refractivity contribution in [3.63, 3.8) is 0 Å². The number of benzene rings is 1. The van der Waals surface area contributed by atoms with Crippen molar-refractivity contribution in [2.75, 3.05) is 32.8 Å². The van der Waals surface area contributed by atoms with Crippen LogP contribution in [0.25, 0.3) is 0 Å². The van der Waals surface area contributed by atoms with Crippen LogP contribution in [0.4, 0.5) is 26.3 Å². The number of carboxylic acids is 1. The molecule has 4 atom stereocenters. The lowest BCUT2D eigenvalue weighted by molar-refractivity contribution is -0.151. The topological polar surface area (TPSA) is 107 Å². The van der Waals surface area contributed by atoms with Gasteiger partial charge in [0.15, 0.2) is 28.3 Å². The number of rotatable bonds is 10. The van der Waals surface area contributed by atoms with Gasteiger partial charge < -0.3 is 15.2 Å². The molecule has 0 aliphatic carbocycles. The van der Waals surface area contributed by atoms with Gasteiger partial charge in [-0.3, -0.25) is 19.6 Å². The summed E-state index contributed by atoms with van der Waals surface area (Å²) in [5, 5.41) is 14.4. The number of alkyl halides is 3. The molecule has 0 amide bonds. The summed E-state index contributed by atoms with van der Waals surface area (Å²) in [7, 11) is 0. The minimum Gasteiger partial charge on any atom is -0.481 e. The van der Waals surface area contributed by atoms with E-state index < -0.39 is 83.7 Å². The van der Waals surface area contributed by atoms with Crippen molar-refractivity contribution < 1.29 is 45.8 Å². The van der Waals surface area contributed by atoms with Crippen LogP contribution in [-0.4, -0.2) is 94.6 Å². The number of fused-ring (bicyclic) bond motifs is 1. The Hall–Kier alpha value is -3.50. The number of likely N-dealkylation sites (tertiary alicyclic amines) is 2. The van der Waals surface area contributed by atoms with E-state index in [4.69, 9.17) is 4.74 Å². The highest BCUT2D eigenvalue weighted by Gasteiger charge is 2.60. The molecule has 5 rings (SSSR count). The van der Waals surface area contributed by atoms with E-state index in [0.29, 0.717) is 16.8 Å². The number of amidine groups is 1. The van der Waals surface area contributed by atoms with Crippen molar-refractivity contribution in [3.8, 4) is 0 Å². The highest BCUT2D eigenvalue weighted by molar-refractivity contribution is 7.11. The maximum Gasteiger partial charge on any atom is 0.338 e. The lowest BCUT2D eigenvalue weighted by Crippen LogP contribution is -2.50. The number of carboxylic acid groups (broad SMARTS) is 1. The number of nitrogens with zero attached hydrogens (tertiary/aromatic N) is 4. The van der Waals surface area contributed by atoms with E-state index in [1.54, 1.807) is 12.3 Å². The summed E-state index contributed by atoms with van der Waals surface area (Å²) >= 11 is 1.16. The Balaban J connectivity index is 1.54. The molecule has 46 heavy (non-hydrogen) atoms. The molecule has 250 valence electrons. The Morgan fingerprint density at radius 1 is 1.22 bits per heavy atom. The highest BCUT2D eigenvalue weighted by Crippen LogP contribution is 2.44. The van der Waals surface area contributed by atoms with Crippen LogP contribution in [0, 0.1) is 29.8 Å². The van der Waals surface area contributed by atoms with E-state index in [2.05, 4.69) is 15.3 Å². The van der Waals surface area contributed by atoms with Gasteiger partial charge in [-0.25, -0.2) is 36.1 Å². The van der Waals surface area contributed by atoms with Gasteiger partial charge >= 0.3 is 11.9 Å². The number of ether oxygens (including phenoxy) is 1. The minimum absolute atomic E-state index is 0.0238. The van der Waals surface area contributed by atoms with Crippen LogP contribution in [0.1, 0.15) is 49.5 Å². The number of hydrogen-bond donors (Lipinski definition) is 2. The standard InChI is InChI=1S/C30H33F6N5O4S/c1-5-45-27(42)20-17(10-41-13-30(35,36)24-18(41)8-9-40(24)11-19(32)29(3,4)28(43)44)38-25(26-37-14(2)12-46-26)39-23(20)15-6-7-16(31)22(34)21(15)33/h6-7,12,18-19,23-24H,5,8-11,13H2,1-4H3,(H,38,39)(H,43,44)/t18-,19+,23-,24+/m0/s1. The van der Waals surface area contributed by atoms with Gasteiger partial charge in [0.1, 0.15) is 12.2 Å². The molecule has 2 fully saturated rings. The van der Waals surface area contributed by atoms with E-state index in [-0.39, 0.29) is 43.2 Å². The Morgan fingerprint density at radius 3 is 2.57 bits per heavy atom. The monoisotopic (exact) mass is 673 g/mol. The third-order valence-corrected chi connectivity index (χ3v) is 9.65. The summed E-state index contributed by atoms with van der Waals surface area (Å²) in [6.07, 6.45) is -1.74. The summed E-state index contributed by atoms with van der Waals surface area (Å²) in [6.45, 7) is 3.98. The number of aryl methyl sites for hydroxylation is 1. The molecular formula is C30H33F6N5O4S. The molecule has 1 aromatic heterocycles. The number of aliphatic carboxylic acids is 1. The first-order chi connectivity index (χ1) is 21.6. The number of halogens is 6. The fourth-order valence-corrected chi connectivity index (χ4v) is 6.87. The van der Waals surface area contributed by atoms with Crippen LogP contribution >= 0.6 is 11.3 Å². The van der Waals surface area contributed by atoms with Crippen molar-refractivity contribution in [2.24, 2.45) is 10.4 Å². The van der Waals surface area contributed by atoms with Crippen molar-refractivity contribution >= 4 is 29.1 Å². The van der Waals surface area contributed by atoms with Crippen LogP contribution < -0.4 is 5.32 Å². The summed E-state index contributed by atoms with van der Waals surface area (Å²) in [5.41, 5.74) is -1.91. The number of aromatic nitrogens is 1. The maximum atomic E-state index is 15.6. The first-order valence-corrected chi connectivity index (χ1v) is 15.5. The Labute approximate surface area is 264 Å². The second kappa shape index (κ2) is 12.6. The quantitative estimate of drug-likeness (QED) is 0.214. The lowest BCUT2D eigenvalue weighted by Gasteiger charge is -2.33. The first-order valence-electron chi connectivity index (χ1n) is 14.6. The Bertz CT molecular complexity index is 1600. The van der Waals surface area contributed by atoms with Crippen LogP contribution in [0.2, 0.25) is 0 Å². The molecule has 0 spiro atoms. The predicted molar refractivity (Wildman–Crippen MR) is 156 cm³/mol. The third-order valence-electron chi connectivity index (χ3n) is 8.68. The van der Waals surface area contributed by atoms with Crippen LogP contribution in [0.5, 0.6) is 0 Å². The normalized spacial score (nSPS) is 24.0. The molecule has 0 bridgehead atoms. The SMILES string of the molecule is CCOC(=O)C1=C(CN2CC(F)(F)[C@H]3[C@@H]2CCN3C[C@@H](F)C(C)(C)C(=O)O)NC(c2nc(C)cs2)=N[C@H]1c1ccc(F)c(F)c1F. The Kier molecular flexibility index (Phi) is 9.27. The van der Waals surface area contributed by atoms with Gasteiger partial charge in [0.05, 0.1) is 30.2 Å². The summed E-state index contributed by atoms with van der Waals surface area (Å²) in [6, 6.07) is -2.16. The van der Waals surface area contributed by atoms with Gasteiger partial charge in [0, 0.05) is 48.0 Å². The smallest absolute Gasteiger partial charge is 0.338 e. The highest BCUT2D eigenvalue weighted by atomic mass is 32.1. The molecule has 4 heterocycles. The van der Waals surface area contributed by atoms with Gasteiger partial charge in [-0.2, -0.15) is 0 Å². The first kappa shape index (κ1) is 33.9. The maximum absolute atomic E-state index is 15.6. The second-order valence-electron chi connectivity index (χ2n) is 12.1. The lowest BCUT2D eigenvalue weighted by atomic mass is 9.87. The number of thiazole rings is 1. The summed E-state index contributed by atoms with van der Waals surface area (Å²) in [4.78, 5) is 36.5. The van der Waals surface area contributed by atoms with Gasteiger partial charge in [-0.05, 0) is 40.2 Å². The molecule has 2 N–H and O–H groups in total. The summed E-state index contributed by atoms with van der Waals surface area (Å²) in [5.74, 6) is -10.4. The van der Waals surface area contributed by atoms with Gasteiger partial charge in [0.25, 0.3) is 5.92 Å². The minimum atomic E-state index is -3.34. The largest absolute Gasteiger partial charge is 0.481 e. The van der Waals surface area contributed by atoms with Crippen LogP contribution in [-0.2, 0) is 14.3 Å². The number of carbonyl (C=O) groups is 2. The fraction of sp³-hybridized carbons (Fsp3) is 0.533. The van der Waals surface area contributed by atoms with E-state index in [1.165, 1.54) is 30.6 Å². The second-order valence-corrected chi connectivity index (χ2v) is 13.0. The molecule has 0 unspecified atom stereocenters. The zero-order valence-electron chi connectivity index (χ0n) is 25.4. The molecule has 16 heteroatoms. The number of nitrogens with one attached hydrogen (secondary N) is 1. The van der Waals surface area contributed by atoms with Crippen molar-refractivity contribution in [3.05, 3.63) is 62.5 Å². The number of esters is 1. The molecule has 0 saturated carbocycles. The Morgan fingerprint density at radius 2 is 1.93 bits per heavy atom. The van der Waals surface area contributed by atoms with E-state index in [9.17, 15) is 23.5 Å². The number of hydrogen-bond acceptors (Lipinski definition) is 9. The molecule has 3 aliphatic heterocycles. The molecule has 2 aromatic rings. The zero-order chi connectivity index (χ0) is 33.7. The van der Waals surface area contributed by atoms with E-state index in [0.717, 1.165) is 17.4 Å². The predicted octanol–water partition coefficient (Wildman–Crippen LogP) is 4.62. The van der Waals surface area contributed by atoms with Crippen LogP contribution in [0.15, 0.2) is 33.8 Å². The van der Waals surface area contributed by atoms with E-state index in [1.807, 2.05) is 0 Å². The molecule has 3 aliphatic rings. The number of carbonyl (C=O) groups excluding carboxylic acids is 1. The average Bonchev–Trinajstić information content (AvgIpc) is 3.67. The molecule has 9 nitrogen and oxygen atoms in total. The zero-order valence-corrected chi connectivity index (χ0v) is 26.2. The molecule has 2 saturated heterocycles. The summed E-state index contributed by atoms with van der Waals surface area (Å²) < 4.78 is 95.2. The third kappa shape index (κ3) is 6.13. The van der Waals surface area contributed by atoms with Crippen LogP contribution in [0.3, 0.4) is 0 Å².